The summed E-state index contributed by atoms with van der Waals surface area (Å²) in [6, 6.07) is 13.0. The molecule has 1 aliphatic rings. The van der Waals surface area contributed by atoms with Crippen molar-refractivity contribution in [1.82, 2.24) is 4.90 Å². The van der Waals surface area contributed by atoms with Crippen LogP contribution in [0.25, 0.3) is 10.8 Å². The van der Waals surface area contributed by atoms with Crippen LogP contribution in [-0.4, -0.2) is 40.7 Å². The molecule has 0 saturated carbocycles. The standard InChI is InChI=1S/C22H29N2O/c1-6-23(7-2)20(25)14-15-24-16(3)22(4,5)21-18-11-9-8-10-17(18)12-13-19(21)24/h8-13H,6-7,14-15H2,1-5H3/q+1. The van der Waals surface area contributed by atoms with Crippen LogP contribution in [0.1, 0.15) is 46.6 Å². The van der Waals surface area contributed by atoms with Crippen molar-refractivity contribution in [2.45, 2.75) is 46.5 Å². The molecule has 3 heteroatoms. The van der Waals surface area contributed by atoms with Gasteiger partial charge in [-0.05, 0) is 44.5 Å². The molecule has 3 nitrogen and oxygen atoms in total. The van der Waals surface area contributed by atoms with Crippen molar-refractivity contribution in [2.24, 2.45) is 0 Å². The highest BCUT2D eigenvalue weighted by molar-refractivity contribution is 6.01. The highest BCUT2D eigenvalue weighted by Gasteiger charge is 2.44. The first-order valence-electron chi connectivity index (χ1n) is 9.33. The Bertz CT molecular complexity index is 844. The molecule has 3 rings (SSSR count). The van der Waals surface area contributed by atoms with Crippen molar-refractivity contribution in [3.63, 3.8) is 0 Å². The molecule has 25 heavy (non-hydrogen) atoms. The van der Waals surface area contributed by atoms with Crippen LogP contribution in [0.15, 0.2) is 36.4 Å². The summed E-state index contributed by atoms with van der Waals surface area (Å²) in [6.45, 7) is 13.2. The third-order valence-electron chi connectivity index (χ3n) is 5.80. The minimum absolute atomic E-state index is 0.0194. The van der Waals surface area contributed by atoms with Crippen molar-refractivity contribution in [1.29, 1.82) is 0 Å². The lowest BCUT2D eigenvalue weighted by atomic mass is 9.80. The first kappa shape index (κ1) is 17.7. The SMILES string of the molecule is CCN(CC)C(=O)CC[N+]1=C(C)C(C)(C)c2c1ccc1ccccc21. The van der Waals surface area contributed by atoms with Crippen LogP contribution in [0, 0.1) is 0 Å². The Balaban J connectivity index is 1.98. The van der Waals surface area contributed by atoms with E-state index in [0.717, 1.165) is 19.6 Å². The summed E-state index contributed by atoms with van der Waals surface area (Å²) in [6.07, 6.45) is 0.557. The molecule has 0 bridgehead atoms. The maximum atomic E-state index is 12.4. The van der Waals surface area contributed by atoms with Crippen LogP contribution >= 0.6 is 0 Å². The van der Waals surface area contributed by atoms with E-state index in [1.807, 2.05) is 18.7 Å². The molecule has 0 fully saturated rings. The lowest BCUT2D eigenvalue weighted by Gasteiger charge is -2.18. The van der Waals surface area contributed by atoms with Crippen molar-refractivity contribution in [2.75, 3.05) is 19.6 Å². The lowest BCUT2D eigenvalue weighted by Crippen LogP contribution is -2.33. The Morgan fingerprint density at radius 3 is 2.44 bits per heavy atom. The fourth-order valence-corrected chi connectivity index (χ4v) is 4.07. The molecule has 0 saturated heterocycles. The zero-order chi connectivity index (χ0) is 18.2. The summed E-state index contributed by atoms with van der Waals surface area (Å²) in [7, 11) is 0. The van der Waals surface area contributed by atoms with E-state index in [1.54, 1.807) is 0 Å². The number of nitrogens with zero attached hydrogens (tertiary/aromatic N) is 2. The van der Waals surface area contributed by atoms with Gasteiger partial charge in [0, 0.05) is 31.6 Å². The Hall–Kier alpha value is -2.16. The fraction of sp³-hybridized carbons (Fsp3) is 0.455. The minimum Gasteiger partial charge on any atom is -0.343 e. The predicted octanol–water partition coefficient (Wildman–Crippen LogP) is 4.49. The highest BCUT2D eigenvalue weighted by atomic mass is 16.2. The summed E-state index contributed by atoms with van der Waals surface area (Å²) in [5, 5.41) is 2.60. The molecule has 132 valence electrons. The second-order valence-corrected chi connectivity index (χ2v) is 7.36. The van der Waals surface area contributed by atoms with E-state index in [1.165, 1.54) is 27.7 Å². The molecule has 2 aromatic rings. The number of hydrogen-bond acceptors (Lipinski definition) is 1. The van der Waals surface area contributed by atoms with Crippen molar-refractivity contribution in [3.05, 3.63) is 42.0 Å². The van der Waals surface area contributed by atoms with E-state index in [9.17, 15) is 4.79 Å². The highest BCUT2D eigenvalue weighted by Crippen LogP contribution is 2.43. The van der Waals surface area contributed by atoms with E-state index in [0.29, 0.717) is 6.42 Å². The van der Waals surface area contributed by atoms with Crippen LogP contribution < -0.4 is 0 Å². The molecular weight excluding hydrogens is 308 g/mol. The van der Waals surface area contributed by atoms with Gasteiger partial charge in [-0.1, -0.05) is 24.3 Å². The zero-order valence-corrected chi connectivity index (χ0v) is 16.1. The van der Waals surface area contributed by atoms with Crippen LogP contribution in [0.2, 0.25) is 0 Å². The van der Waals surface area contributed by atoms with Gasteiger partial charge in [0.25, 0.3) is 0 Å². The predicted molar refractivity (Wildman–Crippen MR) is 105 cm³/mol. The largest absolute Gasteiger partial charge is 0.343 e. The van der Waals surface area contributed by atoms with Crippen LogP contribution in [0.4, 0.5) is 5.69 Å². The lowest BCUT2D eigenvalue weighted by molar-refractivity contribution is -0.437. The topological polar surface area (TPSA) is 23.3 Å². The van der Waals surface area contributed by atoms with E-state index >= 15 is 0 Å². The van der Waals surface area contributed by atoms with Gasteiger partial charge in [0.15, 0.2) is 12.3 Å². The monoisotopic (exact) mass is 337 g/mol. The van der Waals surface area contributed by atoms with Crippen LogP contribution in [-0.2, 0) is 10.2 Å². The van der Waals surface area contributed by atoms with Gasteiger partial charge in [-0.15, -0.1) is 0 Å². The number of fused-ring (bicyclic) bond motifs is 3. The minimum atomic E-state index is -0.0194. The molecule has 0 N–H and O–H groups in total. The molecular formula is C22H29N2O+. The average Bonchev–Trinajstić information content (AvgIpc) is 2.81. The third kappa shape index (κ3) is 2.86. The quantitative estimate of drug-likeness (QED) is 0.737. The Labute approximate surface area is 151 Å². The molecule has 0 radical (unpaired) electrons. The van der Waals surface area contributed by atoms with Gasteiger partial charge in [0.2, 0.25) is 11.6 Å². The number of carbonyl (C=O) groups excluding carboxylic acids is 1. The molecule has 0 aromatic heterocycles. The van der Waals surface area contributed by atoms with E-state index in [2.05, 4.69) is 61.7 Å². The van der Waals surface area contributed by atoms with Gasteiger partial charge >= 0.3 is 0 Å². The molecule has 0 spiro atoms. The number of carbonyl (C=O) groups is 1. The van der Waals surface area contributed by atoms with Crippen molar-refractivity contribution in [3.8, 4) is 0 Å². The number of hydrogen-bond donors (Lipinski definition) is 0. The summed E-state index contributed by atoms with van der Waals surface area (Å²) >= 11 is 0. The number of rotatable bonds is 5. The molecule has 0 aliphatic carbocycles. The van der Waals surface area contributed by atoms with Gasteiger partial charge in [-0.2, -0.15) is 4.58 Å². The molecule has 1 amide bonds. The maximum Gasteiger partial charge on any atom is 0.228 e. The summed E-state index contributed by atoms with van der Waals surface area (Å²) in [5.41, 5.74) is 3.95. The van der Waals surface area contributed by atoms with E-state index in [-0.39, 0.29) is 11.3 Å². The van der Waals surface area contributed by atoms with E-state index in [4.69, 9.17) is 0 Å². The normalized spacial score (nSPS) is 15.6. The number of benzene rings is 2. The van der Waals surface area contributed by atoms with Crippen LogP contribution in [0.3, 0.4) is 0 Å². The second-order valence-electron chi connectivity index (χ2n) is 7.36. The Kier molecular flexibility index (Phi) is 4.68. The Morgan fingerprint density at radius 1 is 1.08 bits per heavy atom. The molecule has 0 atom stereocenters. The smallest absolute Gasteiger partial charge is 0.228 e. The molecule has 1 heterocycles. The van der Waals surface area contributed by atoms with Crippen molar-refractivity contribution < 1.29 is 9.37 Å². The fourth-order valence-electron chi connectivity index (χ4n) is 4.07. The first-order chi connectivity index (χ1) is 11.9. The molecule has 1 aliphatic heterocycles. The van der Waals surface area contributed by atoms with Gasteiger partial charge in [0.05, 0.1) is 11.8 Å². The number of amides is 1. The van der Waals surface area contributed by atoms with Crippen molar-refractivity contribution >= 4 is 28.1 Å². The van der Waals surface area contributed by atoms with Gasteiger partial charge in [-0.25, -0.2) is 0 Å². The van der Waals surface area contributed by atoms with Crippen LogP contribution in [0.5, 0.6) is 0 Å². The van der Waals surface area contributed by atoms with Gasteiger partial charge in [-0.3, -0.25) is 4.79 Å². The first-order valence-corrected chi connectivity index (χ1v) is 9.33. The van der Waals surface area contributed by atoms with Gasteiger partial charge in [0.1, 0.15) is 0 Å². The molecule has 2 aromatic carbocycles. The van der Waals surface area contributed by atoms with Gasteiger partial charge < -0.3 is 4.90 Å². The Morgan fingerprint density at radius 2 is 1.76 bits per heavy atom. The third-order valence-corrected chi connectivity index (χ3v) is 5.80. The summed E-state index contributed by atoms with van der Waals surface area (Å²) in [4.78, 5) is 14.4. The molecule has 0 unspecified atom stereocenters. The maximum absolute atomic E-state index is 12.4. The van der Waals surface area contributed by atoms with E-state index < -0.39 is 0 Å². The average molecular weight is 337 g/mol. The zero-order valence-electron chi connectivity index (χ0n) is 16.1. The second kappa shape index (κ2) is 6.62. The summed E-state index contributed by atoms with van der Waals surface area (Å²) < 4.78 is 2.35. The summed E-state index contributed by atoms with van der Waals surface area (Å²) in [5.74, 6) is 0.241.